The Kier molecular flexibility index (Phi) is 2.68. The maximum absolute atomic E-state index is 4.21. The van der Waals surface area contributed by atoms with Crippen LogP contribution in [0, 0.1) is 20.8 Å². The van der Waals surface area contributed by atoms with Crippen LogP contribution in [-0.4, -0.2) is 25.6 Å². The Labute approximate surface area is 98.2 Å². The molecule has 0 atom stereocenters. The molecule has 0 N–H and O–H groups in total. The molecule has 0 saturated heterocycles. The molecule has 78 valence electrons. The van der Waals surface area contributed by atoms with E-state index in [1.165, 1.54) is 22.4 Å². The molecular formula is C12H13N2Se-. The van der Waals surface area contributed by atoms with Gasteiger partial charge in [0.15, 0.2) is 0 Å². The molecule has 0 amide bonds. The molecule has 15 heavy (non-hydrogen) atoms. The van der Waals surface area contributed by atoms with Crippen LogP contribution < -0.4 is 4.72 Å². The van der Waals surface area contributed by atoms with Gasteiger partial charge in [-0.2, -0.15) is 0 Å². The van der Waals surface area contributed by atoms with Gasteiger partial charge in [0.1, 0.15) is 0 Å². The molecule has 2 nitrogen and oxygen atoms in total. The minimum absolute atomic E-state index is 0.907. The summed E-state index contributed by atoms with van der Waals surface area (Å²) in [4.78, 5) is 4.21. The summed E-state index contributed by atoms with van der Waals surface area (Å²) in [7, 11) is 0. The zero-order valence-electron chi connectivity index (χ0n) is 9.11. The van der Waals surface area contributed by atoms with Crippen LogP contribution in [0.5, 0.6) is 0 Å². The Morgan fingerprint density at radius 2 is 1.73 bits per heavy atom. The van der Waals surface area contributed by atoms with Crippen LogP contribution in [0.25, 0.3) is 5.69 Å². The first-order valence-corrected chi connectivity index (χ1v) is 5.74. The molecular weight excluding hydrogens is 251 g/mol. The number of aromatic nitrogens is 2. The standard InChI is InChI=1S/C12H14N2Se/c1-8-6-9(2)11(10(3)7-8)14-5-4-13-12(14)15/h4-7H,1-3H3,(H,13,15)/p-1. The number of imidazole rings is 1. The maximum atomic E-state index is 4.21. The van der Waals surface area contributed by atoms with E-state index in [0.717, 1.165) is 4.72 Å². The summed E-state index contributed by atoms with van der Waals surface area (Å²) in [6.45, 7) is 6.39. The number of hydrogen-bond donors (Lipinski definition) is 0. The van der Waals surface area contributed by atoms with E-state index in [4.69, 9.17) is 0 Å². The summed E-state index contributed by atoms with van der Waals surface area (Å²) in [5.41, 5.74) is 5.09. The van der Waals surface area contributed by atoms with Crippen LogP contribution in [0.3, 0.4) is 0 Å². The van der Waals surface area contributed by atoms with Crippen molar-refractivity contribution in [2.45, 2.75) is 20.8 Å². The van der Waals surface area contributed by atoms with E-state index in [2.05, 4.69) is 58.5 Å². The number of rotatable bonds is 1. The van der Waals surface area contributed by atoms with E-state index in [1.54, 1.807) is 0 Å². The second-order valence-corrected chi connectivity index (χ2v) is 4.59. The molecule has 1 heterocycles. The number of benzene rings is 1. The van der Waals surface area contributed by atoms with Gasteiger partial charge in [0, 0.05) is 0 Å². The second kappa shape index (κ2) is 3.84. The van der Waals surface area contributed by atoms with E-state index < -0.39 is 0 Å². The molecule has 0 aliphatic rings. The Morgan fingerprint density at radius 1 is 1.13 bits per heavy atom. The fourth-order valence-electron chi connectivity index (χ4n) is 2.01. The third-order valence-corrected chi connectivity index (χ3v) is 3.12. The quantitative estimate of drug-likeness (QED) is 0.715. The molecule has 0 saturated carbocycles. The number of nitrogens with zero attached hydrogens (tertiary/aromatic N) is 2. The van der Waals surface area contributed by atoms with Crippen LogP contribution in [0.15, 0.2) is 24.5 Å². The first-order valence-electron chi connectivity index (χ1n) is 4.88. The average molecular weight is 264 g/mol. The van der Waals surface area contributed by atoms with E-state index in [0.29, 0.717) is 0 Å². The van der Waals surface area contributed by atoms with Gasteiger partial charge in [-0.1, -0.05) is 0 Å². The SMILES string of the molecule is Cc1cc(C)c(-n2ccnc2[Se-])c(C)c1. The van der Waals surface area contributed by atoms with Gasteiger partial charge < -0.3 is 0 Å². The fourth-order valence-corrected chi connectivity index (χ4v) is 2.46. The zero-order chi connectivity index (χ0) is 11.0. The van der Waals surface area contributed by atoms with Gasteiger partial charge in [-0.3, -0.25) is 0 Å². The van der Waals surface area contributed by atoms with Crippen molar-refractivity contribution in [3.05, 3.63) is 41.2 Å². The molecule has 0 radical (unpaired) electrons. The Morgan fingerprint density at radius 3 is 2.20 bits per heavy atom. The predicted octanol–water partition coefficient (Wildman–Crippen LogP) is 1.59. The summed E-state index contributed by atoms with van der Waals surface area (Å²) in [5.74, 6) is 0. The van der Waals surface area contributed by atoms with E-state index in [-0.39, 0.29) is 0 Å². The van der Waals surface area contributed by atoms with Gasteiger partial charge in [0.2, 0.25) is 0 Å². The normalized spacial score (nSPS) is 10.6. The molecule has 2 rings (SSSR count). The molecule has 0 aliphatic heterocycles. The fraction of sp³-hybridized carbons (Fsp3) is 0.250. The van der Waals surface area contributed by atoms with Gasteiger partial charge in [-0.05, 0) is 0 Å². The second-order valence-electron chi connectivity index (χ2n) is 3.83. The van der Waals surface area contributed by atoms with Crippen molar-refractivity contribution in [2.24, 2.45) is 0 Å². The van der Waals surface area contributed by atoms with Gasteiger partial charge in [-0.25, -0.2) is 0 Å². The Hall–Kier alpha value is -1.05. The topological polar surface area (TPSA) is 17.8 Å². The molecule has 0 fully saturated rings. The summed E-state index contributed by atoms with van der Waals surface area (Å²) in [6.07, 6.45) is 3.79. The van der Waals surface area contributed by atoms with Crippen molar-refractivity contribution >= 4 is 20.7 Å². The molecule has 0 unspecified atom stereocenters. The molecule has 3 heteroatoms. The predicted molar refractivity (Wildman–Crippen MR) is 63.2 cm³/mol. The molecule has 1 aromatic carbocycles. The molecule has 0 bridgehead atoms. The summed E-state index contributed by atoms with van der Waals surface area (Å²) in [5, 5.41) is 0. The van der Waals surface area contributed by atoms with Crippen molar-refractivity contribution in [1.29, 1.82) is 0 Å². The van der Waals surface area contributed by atoms with Gasteiger partial charge in [-0.15, -0.1) is 0 Å². The Balaban J connectivity index is 2.68. The first-order chi connectivity index (χ1) is 7.09. The van der Waals surface area contributed by atoms with Gasteiger partial charge in [0.25, 0.3) is 0 Å². The Bertz CT molecular complexity index is 477. The first kappa shape index (κ1) is 10.5. The molecule has 0 spiro atoms. The third kappa shape index (κ3) is 1.85. The van der Waals surface area contributed by atoms with Crippen molar-refractivity contribution in [3.8, 4) is 5.69 Å². The monoisotopic (exact) mass is 265 g/mol. The molecule has 0 aliphatic carbocycles. The van der Waals surface area contributed by atoms with Crippen LogP contribution in [0.2, 0.25) is 0 Å². The van der Waals surface area contributed by atoms with Crippen molar-refractivity contribution < 1.29 is 0 Å². The number of aryl methyl sites for hydroxylation is 3. The van der Waals surface area contributed by atoms with Gasteiger partial charge in [0.05, 0.1) is 0 Å². The molecule has 1 aromatic heterocycles. The molecule has 2 aromatic rings. The van der Waals surface area contributed by atoms with E-state index in [9.17, 15) is 0 Å². The number of hydrogen-bond acceptors (Lipinski definition) is 1. The van der Waals surface area contributed by atoms with Crippen molar-refractivity contribution in [2.75, 3.05) is 0 Å². The van der Waals surface area contributed by atoms with Crippen LogP contribution in [-0.2, 0) is 0 Å². The van der Waals surface area contributed by atoms with Crippen LogP contribution in [0.1, 0.15) is 16.7 Å². The average Bonchev–Trinajstić information content (AvgIpc) is 2.50. The summed E-state index contributed by atoms with van der Waals surface area (Å²) >= 11 is 2.97. The van der Waals surface area contributed by atoms with Gasteiger partial charge >= 0.3 is 98.0 Å². The van der Waals surface area contributed by atoms with Crippen molar-refractivity contribution in [3.63, 3.8) is 0 Å². The summed E-state index contributed by atoms with van der Waals surface area (Å²) < 4.78 is 2.99. The summed E-state index contributed by atoms with van der Waals surface area (Å²) in [6, 6.07) is 4.39. The van der Waals surface area contributed by atoms with Crippen LogP contribution in [0.4, 0.5) is 0 Å². The minimum atomic E-state index is 0.907. The van der Waals surface area contributed by atoms with E-state index in [1.807, 2.05) is 12.4 Å². The third-order valence-electron chi connectivity index (χ3n) is 2.48. The zero-order valence-corrected chi connectivity index (χ0v) is 10.8. The van der Waals surface area contributed by atoms with Crippen LogP contribution >= 0.6 is 0 Å². The van der Waals surface area contributed by atoms with Crippen molar-refractivity contribution in [1.82, 2.24) is 9.55 Å². The van der Waals surface area contributed by atoms with E-state index >= 15 is 0 Å².